The first-order chi connectivity index (χ1) is 6.55. The van der Waals surface area contributed by atoms with Gasteiger partial charge in [-0.15, -0.1) is 0 Å². The standard InChI is InChI=1S/C10H21NO2S/c1-3-8-14(12,13)11-9(2)10-6-4-5-7-10/h9-11H,3-8H2,1-2H3. The number of sulfonamides is 1. The zero-order valence-electron chi connectivity index (χ0n) is 9.12. The number of nitrogens with one attached hydrogen (secondary N) is 1. The van der Waals surface area contributed by atoms with E-state index in [1.165, 1.54) is 25.7 Å². The summed E-state index contributed by atoms with van der Waals surface area (Å²) < 4.78 is 25.7. The van der Waals surface area contributed by atoms with E-state index in [0.717, 1.165) is 0 Å². The monoisotopic (exact) mass is 219 g/mol. The Morgan fingerprint density at radius 1 is 1.36 bits per heavy atom. The van der Waals surface area contributed by atoms with Gasteiger partial charge in [0.2, 0.25) is 10.0 Å². The van der Waals surface area contributed by atoms with E-state index in [-0.39, 0.29) is 11.8 Å². The molecule has 0 saturated heterocycles. The van der Waals surface area contributed by atoms with Crippen LogP contribution in [-0.2, 0) is 10.0 Å². The molecule has 0 aromatic carbocycles. The number of hydrogen-bond acceptors (Lipinski definition) is 2. The van der Waals surface area contributed by atoms with Crippen LogP contribution in [0, 0.1) is 5.92 Å². The van der Waals surface area contributed by atoms with E-state index in [9.17, 15) is 8.42 Å². The Kier molecular flexibility index (Phi) is 4.38. The average Bonchev–Trinajstić information content (AvgIpc) is 2.53. The molecule has 1 aliphatic rings. The van der Waals surface area contributed by atoms with Gasteiger partial charge in [-0.3, -0.25) is 0 Å². The van der Waals surface area contributed by atoms with Gasteiger partial charge in [0.05, 0.1) is 5.75 Å². The van der Waals surface area contributed by atoms with Crippen LogP contribution in [-0.4, -0.2) is 20.2 Å². The molecule has 1 N–H and O–H groups in total. The van der Waals surface area contributed by atoms with Gasteiger partial charge < -0.3 is 0 Å². The molecule has 1 saturated carbocycles. The highest BCUT2D eigenvalue weighted by Crippen LogP contribution is 2.27. The van der Waals surface area contributed by atoms with Gasteiger partial charge in [0, 0.05) is 6.04 Å². The van der Waals surface area contributed by atoms with E-state index < -0.39 is 10.0 Å². The van der Waals surface area contributed by atoms with Crippen molar-refractivity contribution in [1.82, 2.24) is 4.72 Å². The van der Waals surface area contributed by atoms with Crippen molar-refractivity contribution in [3.05, 3.63) is 0 Å². The summed E-state index contributed by atoms with van der Waals surface area (Å²) in [5.74, 6) is 0.811. The van der Waals surface area contributed by atoms with E-state index in [1.807, 2.05) is 13.8 Å². The molecule has 0 aliphatic heterocycles. The molecule has 14 heavy (non-hydrogen) atoms. The van der Waals surface area contributed by atoms with Crippen LogP contribution in [0.25, 0.3) is 0 Å². The molecule has 0 bridgehead atoms. The van der Waals surface area contributed by atoms with Gasteiger partial charge in [0.1, 0.15) is 0 Å². The number of hydrogen-bond donors (Lipinski definition) is 1. The molecule has 0 radical (unpaired) electrons. The summed E-state index contributed by atoms with van der Waals surface area (Å²) in [7, 11) is -3.02. The predicted octanol–water partition coefficient (Wildman–Crippen LogP) is 1.89. The second kappa shape index (κ2) is 5.12. The fourth-order valence-electron chi connectivity index (χ4n) is 2.16. The summed E-state index contributed by atoms with van der Waals surface area (Å²) >= 11 is 0. The second-order valence-electron chi connectivity index (χ2n) is 4.27. The highest BCUT2D eigenvalue weighted by Gasteiger charge is 2.24. The van der Waals surface area contributed by atoms with Crippen LogP contribution in [0.4, 0.5) is 0 Å². The van der Waals surface area contributed by atoms with Gasteiger partial charge in [-0.1, -0.05) is 19.8 Å². The predicted molar refractivity (Wildman–Crippen MR) is 58.6 cm³/mol. The lowest BCUT2D eigenvalue weighted by atomic mass is 10.0. The molecule has 1 aliphatic carbocycles. The smallest absolute Gasteiger partial charge is 0.211 e. The molecule has 4 heteroatoms. The van der Waals surface area contributed by atoms with Gasteiger partial charge in [0.25, 0.3) is 0 Å². The summed E-state index contributed by atoms with van der Waals surface area (Å²) in [6.07, 6.45) is 5.55. The maximum atomic E-state index is 11.5. The van der Waals surface area contributed by atoms with E-state index in [1.54, 1.807) is 0 Å². The number of rotatable bonds is 5. The third kappa shape index (κ3) is 3.58. The Morgan fingerprint density at radius 2 is 1.93 bits per heavy atom. The summed E-state index contributed by atoms with van der Waals surface area (Å²) in [5, 5.41) is 0. The molecule has 1 unspecified atom stereocenters. The summed E-state index contributed by atoms with van der Waals surface area (Å²) in [6.45, 7) is 3.88. The van der Waals surface area contributed by atoms with Crippen molar-refractivity contribution >= 4 is 10.0 Å². The molecule has 3 nitrogen and oxygen atoms in total. The van der Waals surface area contributed by atoms with Gasteiger partial charge in [0.15, 0.2) is 0 Å². The third-order valence-corrected chi connectivity index (χ3v) is 4.62. The molecule has 1 atom stereocenters. The van der Waals surface area contributed by atoms with Crippen LogP contribution < -0.4 is 4.72 Å². The molecule has 0 amide bonds. The van der Waals surface area contributed by atoms with E-state index >= 15 is 0 Å². The van der Waals surface area contributed by atoms with Crippen LogP contribution >= 0.6 is 0 Å². The molecule has 1 fully saturated rings. The molecule has 0 spiro atoms. The normalized spacial score (nSPS) is 21.3. The Bertz CT molecular complexity index is 255. The first-order valence-electron chi connectivity index (χ1n) is 5.55. The largest absolute Gasteiger partial charge is 0.212 e. The molecular weight excluding hydrogens is 198 g/mol. The first-order valence-corrected chi connectivity index (χ1v) is 7.20. The van der Waals surface area contributed by atoms with Crippen molar-refractivity contribution < 1.29 is 8.42 Å². The van der Waals surface area contributed by atoms with Crippen LogP contribution in [0.3, 0.4) is 0 Å². The fourth-order valence-corrected chi connectivity index (χ4v) is 3.58. The lowest BCUT2D eigenvalue weighted by molar-refractivity contribution is 0.424. The summed E-state index contributed by atoms with van der Waals surface area (Å²) in [5.41, 5.74) is 0. The highest BCUT2D eigenvalue weighted by atomic mass is 32.2. The molecule has 0 aromatic rings. The highest BCUT2D eigenvalue weighted by molar-refractivity contribution is 7.89. The topological polar surface area (TPSA) is 46.2 Å². The molecule has 0 heterocycles. The van der Waals surface area contributed by atoms with Crippen molar-refractivity contribution in [3.8, 4) is 0 Å². The lowest BCUT2D eigenvalue weighted by Gasteiger charge is -2.19. The minimum atomic E-state index is -3.02. The summed E-state index contributed by atoms with van der Waals surface area (Å²) in [4.78, 5) is 0. The minimum Gasteiger partial charge on any atom is -0.212 e. The zero-order valence-corrected chi connectivity index (χ0v) is 9.94. The van der Waals surface area contributed by atoms with Crippen LogP contribution in [0.1, 0.15) is 46.0 Å². The molecular formula is C10H21NO2S. The third-order valence-electron chi connectivity index (χ3n) is 2.95. The lowest BCUT2D eigenvalue weighted by Crippen LogP contribution is -2.38. The van der Waals surface area contributed by atoms with Gasteiger partial charge in [-0.05, 0) is 32.1 Å². The van der Waals surface area contributed by atoms with E-state index in [0.29, 0.717) is 12.3 Å². The summed E-state index contributed by atoms with van der Waals surface area (Å²) in [6, 6.07) is 0.119. The SMILES string of the molecule is CCCS(=O)(=O)NC(C)C1CCCC1. The van der Waals surface area contributed by atoms with Crippen molar-refractivity contribution in [1.29, 1.82) is 0 Å². The Hall–Kier alpha value is -0.0900. The van der Waals surface area contributed by atoms with Crippen molar-refractivity contribution in [2.45, 2.75) is 52.0 Å². The first kappa shape index (κ1) is 12.0. The van der Waals surface area contributed by atoms with Crippen molar-refractivity contribution in [2.24, 2.45) is 5.92 Å². The van der Waals surface area contributed by atoms with E-state index in [4.69, 9.17) is 0 Å². The molecule has 84 valence electrons. The quantitative estimate of drug-likeness (QED) is 0.767. The Morgan fingerprint density at radius 3 is 2.43 bits per heavy atom. The minimum absolute atomic E-state index is 0.119. The van der Waals surface area contributed by atoms with Gasteiger partial charge in [-0.2, -0.15) is 0 Å². The van der Waals surface area contributed by atoms with Crippen molar-refractivity contribution in [2.75, 3.05) is 5.75 Å². The van der Waals surface area contributed by atoms with Gasteiger partial charge in [-0.25, -0.2) is 13.1 Å². The molecule has 0 aromatic heterocycles. The molecule has 1 rings (SSSR count). The van der Waals surface area contributed by atoms with Crippen LogP contribution in [0.15, 0.2) is 0 Å². The van der Waals surface area contributed by atoms with E-state index in [2.05, 4.69) is 4.72 Å². The maximum absolute atomic E-state index is 11.5. The maximum Gasteiger partial charge on any atom is 0.211 e. The Labute approximate surface area is 87.3 Å². The Balaban J connectivity index is 2.42. The van der Waals surface area contributed by atoms with Crippen LogP contribution in [0.5, 0.6) is 0 Å². The second-order valence-corrected chi connectivity index (χ2v) is 6.14. The zero-order chi connectivity index (χ0) is 10.6. The average molecular weight is 219 g/mol. The van der Waals surface area contributed by atoms with Gasteiger partial charge >= 0.3 is 0 Å². The van der Waals surface area contributed by atoms with Crippen molar-refractivity contribution in [3.63, 3.8) is 0 Å². The van der Waals surface area contributed by atoms with Crippen LogP contribution in [0.2, 0.25) is 0 Å². The fraction of sp³-hybridized carbons (Fsp3) is 1.00.